The van der Waals surface area contributed by atoms with Crippen molar-refractivity contribution in [3.63, 3.8) is 0 Å². The fourth-order valence-corrected chi connectivity index (χ4v) is 3.03. The van der Waals surface area contributed by atoms with Gasteiger partial charge in [-0.2, -0.15) is 5.26 Å². The molecular formula is C23H25N7O. The second-order valence-corrected chi connectivity index (χ2v) is 7.05. The molecule has 0 spiro atoms. The number of benzene rings is 1. The van der Waals surface area contributed by atoms with Crippen LogP contribution in [0.2, 0.25) is 0 Å². The zero-order valence-electron chi connectivity index (χ0n) is 17.5. The average Bonchev–Trinajstić information content (AvgIpc) is 2.78. The molecule has 3 rings (SSSR count). The molecule has 0 fully saturated rings. The van der Waals surface area contributed by atoms with Gasteiger partial charge in [0.2, 0.25) is 0 Å². The molecule has 158 valence electrons. The number of aromatic nitrogens is 2. The van der Waals surface area contributed by atoms with Gasteiger partial charge in [-0.25, -0.2) is 10.8 Å². The van der Waals surface area contributed by atoms with Gasteiger partial charge in [-0.15, -0.1) is 0 Å². The Balaban J connectivity index is 1.83. The van der Waals surface area contributed by atoms with Crippen molar-refractivity contribution in [2.24, 2.45) is 11.6 Å². The minimum Gasteiger partial charge on any atom is -0.397 e. The summed E-state index contributed by atoms with van der Waals surface area (Å²) in [7, 11) is 1.64. The van der Waals surface area contributed by atoms with Gasteiger partial charge in [-0.05, 0) is 43.3 Å². The highest BCUT2D eigenvalue weighted by molar-refractivity contribution is 5.71. The fourth-order valence-electron chi connectivity index (χ4n) is 3.03. The summed E-state index contributed by atoms with van der Waals surface area (Å²) >= 11 is 0. The first-order chi connectivity index (χ1) is 14.9. The Morgan fingerprint density at radius 3 is 2.71 bits per heavy atom. The van der Waals surface area contributed by atoms with E-state index in [1.807, 2.05) is 37.3 Å². The van der Waals surface area contributed by atoms with Gasteiger partial charge in [-0.1, -0.05) is 18.2 Å². The Labute approximate surface area is 181 Å². The number of anilines is 1. The summed E-state index contributed by atoms with van der Waals surface area (Å²) in [5.74, 6) is 6.47. The van der Waals surface area contributed by atoms with Crippen molar-refractivity contribution < 1.29 is 4.74 Å². The van der Waals surface area contributed by atoms with Crippen LogP contribution < -0.4 is 17.3 Å². The van der Waals surface area contributed by atoms with Crippen LogP contribution in [0.5, 0.6) is 0 Å². The Hall–Kier alpha value is -3.93. The quantitative estimate of drug-likeness (QED) is 0.395. The molecule has 0 aliphatic carbocycles. The van der Waals surface area contributed by atoms with Crippen molar-refractivity contribution in [1.82, 2.24) is 15.0 Å². The number of rotatable bonds is 7. The molecule has 8 heteroatoms. The number of nitriles is 1. The summed E-state index contributed by atoms with van der Waals surface area (Å²) in [5, 5.41) is 10.6. The maximum atomic E-state index is 9.13. The molecule has 1 unspecified atom stereocenters. The van der Waals surface area contributed by atoms with Crippen molar-refractivity contribution in [2.45, 2.75) is 19.6 Å². The maximum Gasteiger partial charge on any atom is 0.124 e. The van der Waals surface area contributed by atoms with Crippen LogP contribution in [-0.4, -0.2) is 22.1 Å². The summed E-state index contributed by atoms with van der Waals surface area (Å²) in [4.78, 5) is 8.94. The van der Waals surface area contributed by atoms with E-state index < -0.39 is 0 Å². The molecule has 0 bridgehead atoms. The Kier molecular flexibility index (Phi) is 6.82. The van der Waals surface area contributed by atoms with Crippen molar-refractivity contribution in [1.29, 1.82) is 5.26 Å². The highest BCUT2D eigenvalue weighted by Crippen LogP contribution is 2.23. The Morgan fingerprint density at radius 1 is 1.19 bits per heavy atom. The van der Waals surface area contributed by atoms with Gasteiger partial charge in [-0.3, -0.25) is 4.98 Å². The molecule has 0 amide bonds. The summed E-state index contributed by atoms with van der Waals surface area (Å²) < 4.78 is 5.32. The smallest absolute Gasteiger partial charge is 0.124 e. The van der Waals surface area contributed by atoms with Crippen molar-refractivity contribution >= 4 is 11.5 Å². The largest absolute Gasteiger partial charge is 0.397 e. The van der Waals surface area contributed by atoms with E-state index in [9.17, 15) is 0 Å². The van der Waals surface area contributed by atoms with Crippen LogP contribution in [0.3, 0.4) is 0 Å². The maximum absolute atomic E-state index is 9.13. The average molecular weight is 416 g/mol. The molecule has 0 saturated carbocycles. The third kappa shape index (κ3) is 5.57. The van der Waals surface area contributed by atoms with Gasteiger partial charge < -0.3 is 21.2 Å². The van der Waals surface area contributed by atoms with Gasteiger partial charge in [0, 0.05) is 24.4 Å². The monoisotopic (exact) mass is 415 g/mol. The lowest BCUT2D eigenvalue weighted by Gasteiger charge is -2.16. The molecule has 0 radical (unpaired) electrons. The van der Waals surface area contributed by atoms with Crippen LogP contribution in [0.4, 0.5) is 5.82 Å². The van der Waals surface area contributed by atoms with Gasteiger partial charge >= 0.3 is 0 Å². The number of hydrogen-bond donors (Lipinski definition) is 3. The lowest BCUT2D eigenvalue weighted by Crippen LogP contribution is -2.26. The molecule has 2 aromatic heterocycles. The molecule has 2 heterocycles. The van der Waals surface area contributed by atoms with Crippen molar-refractivity contribution in [3.8, 4) is 17.3 Å². The van der Waals surface area contributed by atoms with E-state index in [1.165, 1.54) is 5.01 Å². The van der Waals surface area contributed by atoms with E-state index in [-0.39, 0.29) is 6.10 Å². The number of nitrogens with zero attached hydrogens (tertiary/aromatic N) is 4. The lowest BCUT2D eigenvalue weighted by molar-refractivity contribution is 0.115. The fraction of sp³-hybridized carbons (Fsp3) is 0.174. The van der Waals surface area contributed by atoms with Crippen LogP contribution in [0.15, 0.2) is 60.8 Å². The minimum atomic E-state index is -0.107. The molecule has 31 heavy (non-hydrogen) atoms. The number of hydrazine groups is 1. The van der Waals surface area contributed by atoms with Crippen LogP contribution in [0.25, 0.3) is 17.0 Å². The first-order valence-corrected chi connectivity index (χ1v) is 9.65. The second kappa shape index (κ2) is 9.71. The van der Waals surface area contributed by atoms with Crippen LogP contribution in [0, 0.1) is 11.3 Å². The molecule has 1 aromatic carbocycles. The highest BCUT2D eigenvalue weighted by atomic mass is 16.5. The number of nitrogen functional groups attached to an aromatic ring is 1. The first kappa shape index (κ1) is 21.8. The summed E-state index contributed by atoms with van der Waals surface area (Å²) in [6.07, 6.45) is 1.52. The van der Waals surface area contributed by atoms with Gasteiger partial charge in [0.15, 0.2) is 0 Å². The van der Waals surface area contributed by atoms with Gasteiger partial charge in [0.1, 0.15) is 5.82 Å². The molecule has 8 nitrogen and oxygen atoms in total. The lowest BCUT2D eigenvalue weighted by atomic mass is 10.1. The second-order valence-electron chi connectivity index (χ2n) is 7.05. The number of pyridine rings is 2. The molecule has 6 N–H and O–H groups in total. The minimum absolute atomic E-state index is 0.107. The van der Waals surface area contributed by atoms with E-state index >= 15 is 0 Å². The van der Waals surface area contributed by atoms with Crippen LogP contribution in [0.1, 0.15) is 35.5 Å². The summed E-state index contributed by atoms with van der Waals surface area (Å²) in [6, 6.07) is 18.5. The van der Waals surface area contributed by atoms with Gasteiger partial charge in [0.05, 0.1) is 47.1 Å². The third-order valence-corrected chi connectivity index (χ3v) is 4.71. The van der Waals surface area contributed by atoms with Gasteiger partial charge in [0.25, 0.3) is 0 Å². The van der Waals surface area contributed by atoms with Crippen molar-refractivity contribution in [2.75, 3.05) is 12.8 Å². The molecule has 1 atom stereocenters. The third-order valence-electron chi connectivity index (χ3n) is 4.71. The van der Waals surface area contributed by atoms with E-state index in [1.54, 1.807) is 37.6 Å². The number of hydrogen-bond acceptors (Lipinski definition) is 8. The number of methoxy groups -OCH3 is 1. The molecule has 0 aliphatic heterocycles. The predicted molar refractivity (Wildman–Crippen MR) is 120 cm³/mol. The van der Waals surface area contributed by atoms with E-state index in [0.717, 1.165) is 17.0 Å². The van der Waals surface area contributed by atoms with E-state index in [2.05, 4.69) is 16.0 Å². The molecule has 0 saturated heterocycles. The van der Waals surface area contributed by atoms with Crippen molar-refractivity contribution in [3.05, 3.63) is 83.3 Å². The highest BCUT2D eigenvalue weighted by Gasteiger charge is 2.09. The topological polar surface area (TPSA) is 140 Å². The molecule has 0 aliphatic rings. The first-order valence-electron chi connectivity index (χ1n) is 9.65. The normalized spacial score (nSPS) is 12.3. The Morgan fingerprint density at radius 2 is 1.97 bits per heavy atom. The Bertz CT molecular complexity index is 1140. The predicted octanol–water partition coefficient (Wildman–Crippen LogP) is 2.94. The zero-order valence-corrected chi connectivity index (χ0v) is 17.5. The number of ether oxygens (including phenoxy) is 1. The van der Waals surface area contributed by atoms with Crippen LogP contribution >= 0.6 is 0 Å². The molecular weight excluding hydrogens is 390 g/mol. The van der Waals surface area contributed by atoms with E-state index in [0.29, 0.717) is 34.9 Å². The summed E-state index contributed by atoms with van der Waals surface area (Å²) in [5.41, 5.74) is 16.9. The molecule has 3 aromatic rings. The SMILES string of the molecule is COC(C)c1cccc(CN(N)/C=C(\N)c2cc(N)nc(-c3cccc(C#N)c3)c2)n1. The zero-order chi connectivity index (χ0) is 22.4. The standard InChI is InChI=1S/C23H25N7O/c1-15(31-2)21-8-4-7-19(28-21)13-30(27)14-20(25)18-10-22(29-23(26)11-18)17-6-3-5-16(9-17)12-24/h3-11,14-15H,13,25,27H2,1-2H3,(H2,26,29)/b20-14-. The number of nitrogens with two attached hydrogens (primary N) is 3. The summed E-state index contributed by atoms with van der Waals surface area (Å²) in [6.45, 7) is 2.30. The van der Waals surface area contributed by atoms with E-state index in [4.69, 9.17) is 27.3 Å². The van der Waals surface area contributed by atoms with Crippen LogP contribution in [-0.2, 0) is 11.3 Å².